The molecule has 0 unspecified atom stereocenters. The van der Waals surface area contributed by atoms with Crippen molar-refractivity contribution >= 4 is 0 Å². The molecule has 0 aliphatic carbocycles. The van der Waals surface area contributed by atoms with Crippen LogP contribution in [0.2, 0.25) is 0 Å². The average Bonchev–Trinajstić information content (AvgIpc) is 2.06. The van der Waals surface area contributed by atoms with E-state index in [2.05, 4.69) is 0 Å². The van der Waals surface area contributed by atoms with Gasteiger partial charge in [0, 0.05) is 0 Å². The van der Waals surface area contributed by atoms with Crippen LogP contribution < -0.4 is 0 Å². The molecular formula is C8H20NO3+. The molecule has 0 aromatic rings. The van der Waals surface area contributed by atoms with Crippen molar-refractivity contribution in [2.24, 2.45) is 0 Å². The standard InChI is InChI=1S/C8H20NO3/c1-2-9(3-6-10,4-7-11)5-8-12/h10-12H,2-8H2,1H3/q+1. The molecule has 0 aliphatic heterocycles. The molecule has 0 saturated carbocycles. The van der Waals surface area contributed by atoms with Crippen molar-refractivity contribution in [1.82, 2.24) is 0 Å². The first-order valence-electron chi connectivity index (χ1n) is 4.42. The van der Waals surface area contributed by atoms with Crippen LogP contribution in [-0.2, 0) is 0 Å². The van der Waals surface area contributed by atoms with Gasteiger partial charge in [-0.3, -0.25) is 0 Å². The van der Waals surface area contributed by atoms with Crippen LogP contribution in [0.5, 0.6) is 0 Å². The predicted molar refractivity (Wildman–Crippen MR) is 46.7 cm³/mol. The number of aliphatic hydroxyl groups is 3. The van der Waals surface area contributed by atoms with Gasteiger partial charge in [0.1, 0.15) is 19.6 Å². The Morgan fingerprint density at radius 3 is 1.33 bits per heavy atom. The Morgan fingerprint density at radius 1 is 0.833 bits per heavy atom. The minimum absolute atomic E-state index is 0.105. The molecule has 0 heterocycles. The molecule has 0 bridgehead atoms. The smallest absolute Gasteiger partial charge is 0.102 e. The monoisotopic (exact) mass is 178 g/mol. The zero-order valence-electron chi connectivity index (χ0n) is 7.74. The minimum atomic E-state index is 0.105. The van der Waals surface area contributed by atoms with Gasteiger partial charge in [-0.05, 0) is 6.92 Å². The molecule has 0 radical (unpaired) electrons. The number of nitrogens with zero attached hydrogens (tertiary/aromatic N) is 1. The maximum atomic E-state index is 8.81. The Hall–Kier alpha value is -0.160. The molecule has 74 valence electrons. The maximum Gasteiger partial charge on any atom is 0.102 e. The normalized spacial score (nSPS) is 12.0. The SMILES string of the molecule is CC[N+](CCO)(CCO)CCO. The largest absolute Gasteiger partial charge is 0.391 e. The lowest BCUT2D eigenvalue weighted by Gasteiger charge is -2.36. The zero-order chi connectivity index (χ0) is 9.45. The van der Waals surface area contributed by atoms with Crippen LogP contribution in [0.25, 0.3) is 0 Å². The highest BCUT2D eigenvalue weighted by atomic mass is 16.3. The van der Waals surface area contributed by atoms with Gasteiger partial charge in [0.15, 0.2) is 0 Å². The second-order valence-corrected chi connectivity index (χ2v) is 3.00. The number of hydrogen-bond acceptors (Lipinski definition) is 3. The van der Waals surface area contributed by atoms with Gasteiger partial charge in [-0.2, -0.15) is 0 Å². The van der Waals surface area contributed by atoms with E-state index in [4.69, 9.17) is 15.3 Å². The Bertz CT molecular complexity index is 91.5. The molecule has 12 heavy (non-hydrogen) atoms. The van der Waals surface area contributed by atoms with Gasteiger partial charge in [0.2, 0.25) is 0 Å². The lowest BCUT2D eigenvalue weighted by atomic mass is 10.3. The lowest BCUT2D eigenvalue weighted by molar-refractivity contribution is -0.927. The summed E-state index contributed by atoms with van der Waals surface area (Å²) in [7, 11) is 0. The van der Waals surface area contributed by atoms with E-state index in [1.54, 1.807) is 0 Å². The predicted octanol–water partition coefficient (Wildman–Crippen LogP) is -1.20. The number of rotatable bonds is 7. The van der Waals surface area contributed by atoms with E-state index in [0.717, 1.165) is 6.54 Å². The molecule has 0 aromatic carbocycles. The number of quaternary nitrogens is 1. The van der Waals surface area contributed by atoms with Crippen molar-refractivity contribution in [2.75, 3.05) is 46.0 Å². The average molecular weight is 178 g/mol. The van der Waals surface area contributed by atoms with E-state index in [0.29, 0.717) is 24.1 Å². The first kappa shape index (κ1) is 11.8. The molecule has 0 amide bonds. The maximum absolute atomic E-state index is 8.81. The Kier molecular flexibility index (Phi) is 6.28. The highest BCUT2D eigenvalue weighted by molar-refractivity contribution is 4.41. The van der Waals surface area contributed by atoms with Crippen molar-refractivity contribution in [1.29, 1.82) is 0 Å². The quantitative estimate of drug-likeness (QED) is 0.429. The summed E-state index contributed by atoms with van der Waals surface area (Å²) in [5, 5.41) is 26.4. The van der Waals surface area contributed by atoms with Gasteiger partial charge in [-0.25, -0.2) is 0 Å². The van der Waals surface area contributed by atoms with Crippen molar-refractivity contribution in [3.8, 4) is 0 Å². The van der Waals surface area contributed by atoms with E-state index in [9.17, 15) is 0 Å². The second kappa shape index (κ2) is 6.37. The fourth-order valence-electron chi connectivity index (χ4n) is 1.45. The third-order valence-corrected chi connectivity index (χ3v) is 2.39. The molecule has 0 atom stereocenters. The zero-order valence-corrected chi connectivity index (χ0v) is 7.74. The molecule has 3 N–H and O–H groups in total. The van der Waals surface area contributed by atoms with Crippen LogP contribution in [0.4, 0.5) is 0 Å². The topological polar surface area (TPSA) is 60.7 Å². The Balaban J connectivity index is 4.06. The molecule has 0 aromatic heterocycles. The second-order valence-electron chi connectivity index (χ2n) is 3.00. The van der Waals surface area contributed by atoms with Crippen LogP contribution in [0.3, 0.4) is 0 Å². The Labute approximate surface area is 73.6 Å². The van der Waals surface area contributed by atoms with Crippen molar-refractivity contribution in [3.05, 3.63) is 0 Å². The fraction of sp³-hybridized carbons (Fsp3) is 1.00. The minimum Gasteiger partial charge on any atom is -0.391 e. The van der Waals surface area contributed by atoms with Crippen molar-refractivity contribution in [3.63, 3.8) is 0 Å². The molecule has 0 spiro atoms. The fourth-order valence-corrected chi connectivity index (χ4v) is 1.45. The number of aliphatic hydroxyl groups excluding tert-OH is 3. The number of likely N-dealkylation sites (N-methyl/N-ethyl adjacent to an activating group) is 1. The summed E-state index contributed by atoms with van der Waals surface area (Å²) in [6.07, 6.45) is 0. The summed E-state index contributed by atoms with van der Waals surface area (Å²) in [5.74, 6) is 0. The molecule has 0 fully saturated rings. The van der Waals surface area contributed by atoms with E-state index < -0.39 is 0 Å². The van der Waals surface area contributed by atoms with Crippen LogP contribution in [0, 0.1) is 0 Å². The number of hydrogen-bond donors (Lipinski definition) is 3. The van der Waals surface area contributed by atoms with Crippen LogP contribution >= 0.6 is 0 Å². The van der Waals surface area contributed by atoms with Crippen molar-refractivity contribution in [2.45, 2.75) is 6.92 Å². The summed E-state index contributed by atoms with van der Waals surface area (Å²) in [6.45, 7) is 4.98. The molecule has 4 heteroatoms. The lowest BCUT2D eigenvalue weighted by Crippen LogP contribution is -2.53. The van der Waals surface area contributed by atoms with Gasteiger partial charge >= 0.3 is 0 Å². The van der Waals surface area contributed by atoms with Gasteiger partial charge in [-0.15, -0.1) is 0 Å². The van der Waals surface area contributed by atoms with E-state index in [1.807, 2.05) is 6.92 Å². The van der Waals surface area contributed by atoms with E-state index in [-0.39, 0.29) is 19.8 Å². The first-order valence-corrected chi connectivity index (χ1v) is 4.42. The van der Waals surface area contributed by atoms with E-state index >= 15 is 0 Å². The Morgan fingerprint density at radius 2 is 1.17 bits per heavy atom. The summed E-state index contributed by atoms with van der Waals surface area (Å²) in [5.41, 5.74) is 0. The van der Waals surface area contributed by atoms with E-state index in [1.165, 1.54) is 0 Å². The van der Waals surface area contributed by atoms with Gasteiger partial charge in [0.05, 0.1) is 26.4 Å². The van der Waals surface area contributed by atoms with Crippen molar-refractivity contribution < 1.29 is 19.8 Å². The third-order valence-electron chi connectivity index (χ3n) is 2.39. The van der Waals surface area contributed by atoms with Gasteiger partial charge in [-0.1, -0.05) is 0 Å². The summed E-state index contributed by atoms with van der Waals surface area (Å²) in [4.78, 5) is 0. The highest BCUT2D eigenvalue weighted by Crippen LogP contribution is 2.04. The molecule has 0 saturated heterocycles. The van der Waals surface area contributed by atoms with Crippen LogP contribution in [0.1, 0.15) is 6.92 Å². The summed E-state index contributed by atoms with van der Waals surface area (Å²) in [6, 6.07) is 0. The third kappa shape index (κ3) is 3.49. The molecule has 0 rings (SSSR count). The summed E-state index contributed by atoms with van der Waals surface area (Å²) >= 11 is 0. The van der Waals surface area contributed by atoms with Crippen LogP contribution in [0.15, 0.2) is 0 Å². The summed E-state index contributed by atoms with van der Waals surface area (Å²) < 4.78 is 0.601. The first-order chi connectivity index (χ1) is 5.74. The highest BCUT2D eigenvalue weighted by Gasteiger charge is 2.22. The molecular weight excluding hydrogens is 158 g/mol. The van der Waals surface area contributed by atoms with Crippen LogP contribution in [-0.4, -0.2) is 65.8 Å². The molecule has 4 nitrogen and oxygen atoms in total. The van der Waals surface area contributed by atoms with Gasteiger partial charge in [0.25, 0.3) is 0 Å². The van der Waals surface area contributed by atoms with Gasteiger partial charge < -0.3 is 19.8 Å². The molecule has 0 aliphatic rings.